The summed E-state index contributed by atoms with van der Waals surface area (Å²) in [6.07, 6.45) is 10.6. The van der Waals surface area contributed by atoms with Gasteiger partial charge >= 0.3 is 0 Å². The van der Waals surface area contributed by atoms with Gasteiger partial charge in [0.1, 0.15) is 0 Å². The molecule has 5 nitrogen and oxygen atoms in total. The van der Waals surface area contributed by atoms with E-state index in [1.807, 2.05) is 0 Å². The van der Waals surface area contributed by atoms with Crippen molar-refractivity contribution in [3.8, 4) is 0 Å². The minimum absolute atomic E-state index is 0.653. The number of likely N-dealkylation sites (tertiary alicyclic amines) is 4. The molecule has 5 aromatic rings. The minimum Gasteiger partial charge on any atom is -0.300 e. The molecule has 4 fully saturated rings. The van der Waals surface area contributed by atoms with Crippen molar-refractivity contribution in [2.75, 3.05) is 45.8 Å². The second-order valence-electron chi connectivity index (χ2n) is 22.2. The lowest BCUT2D eigenvalue weighted by Crippen LogP contribution is -2.38. The Bertz CT molecular complexity index is 2080. The molecule has 5 heteroatoms. The third-order valence-electron chi connectivity index (χ3n) is 15.9. The number of piperidine rings is 1. The lowest BCUT2D eigenvalue weighted by molar-refractivity contribution is 0.112. The number of fused-ring (bicyclic) bond motifs is 1. The highest BCUT2D eigenvalue weighted by Crippen LogP contribution is 2.34. The lowest BCUT2D eigenvalue weighted by atomic mass is 9.94. The Morgan fingerprint density at radius 1 is 0.329 bits per heavy atom. The highest BCUT2D eigenvalue weighted by Gasteiger charge is 2.29. The first-order valence-electron chi connectivity index (χ1n) is 27.9. The maximum absolute atomic E-state index is 2.64. The smallest absolute Gasteiger partial charge is 0.0351 e. The average molecular weight is 947 g/mol. The molecule has 5 aromatic carbocycles. The molecule has 0 aliphatic carbocycles. The summed E-state index contributed by atoms with van der Waals surface area (Å²) in [7, 11) is 0. The van der Waals surface area contributed by atoms with Gasteiger partial charge < -0.3 is 9.80 Å². The van der Waals surface area contributed by atoms with E-state index in [-0.39, 0.29) is 0 Å². The van der Waals surface area contributed by atoms with Gasteiger partial charge in [0.05, 0.1) is 0 Å². The number of hydrogen-bond donors (Lipinski definition) is 0. The van der Waals surface area contributed by atoms with Gasteiger partial charge in [0.25, 0.3) is 0 Å². The van der Waals surface area contributed by atoms with Crippen LogP contribution in [0.25, 0.3) is 0 Å². The predicted octanol–water partition coefficient (Wildman–Crippen LogP) is 15.1. The molecule has 0 unspecified atom stereocenters. The van der Waals surface area contributed by atoms with Crippen molar-refractivity contribution in [1.29, 1.82) is 0 Å². The highest BCUT2D eigenvalue weighted by atomic mass is 15.2. The molecule has 0 aromatic heterocycles. The van der Waals surface area contributed by atoms with Gasteiger partial charge in [-0.3, -0.25) is 14.7 Å². The van der Waals surface area contributed by atoms with Gasteiger partial charge in [0, 0.05) is 68.5 Å². The molecule has 0 radical (unpaired) electrons. The van der Waals surface area contributed by atoms with Gasteiger partial charge in [-0.1, -0.05) is 152 Å². The molecule has 70 heavy (non-hydrogen) atoms. The zero-order valence-electron chi connectivity index (χ0n) is 45.6. The van der Waals surface area contributed by atoms with E-state index in [1.165, 1.54) is 125 Å². The first-order chi connectivity index (χ1) is 33.9. The molecule has 0 bridgehead atoms. The molecular formula is C65H95N5. The average Bonchev–Trinajstić information content (AvgIpc) is 4.22. The Morgan fingerprint density at radius 3 is 1.10 bits per heavy atom. The van der Waals surface area contributed by atoms with Crippen molar-refractivity contribution in [2.45, 2.75) is 181 Å². The molecule has 0 amide bonds. The second kappa shape index (κ2) is 28.8. The molecule has 4 atom stereocenters. The van der Waals surface area contributed by atoms with Crippen molar-refractivity contribution in [3.63, 3.8) is 0 Å². The molecule has 380 valence electrons. The predicted molar refractivity (Wildman–Crippen MR) is 302 cm³/mol. The summed E-state index contributed by atoms with van der Waals surface area (Å²) in [4.78, 5) is 12.9. The Hall–Kier alpha value is -4.10. The van der Waals surface area contributed by atoms with Crippen LogP contribution in [-0.4, -0.2) is 101 Å². The van der Waals surface area contributed by atoms with E-state index in [1.54, 1.807) is 5.56 Å². The van der Waals surface area contributed by atoms with Crippen LogP contribution in [0, 0.1) is 0 Å². The van der Waals surface area contributed by atoms with Crippen LogP contribution in [0.15, 0.2) is 146 Å². The topological polar surface area (TPSA) is 16.2 Å². The standard InChI is InChI=1S/C14H21N.3C13H19N.C12H17N/c1-12(2)15-11-7-6-10-14(15)13-8-4-3-5-9-13;1-11(2)14-10-6-9-13(14)12-7-4-3-5-8-12;2*1-11(2)14-9-8-13(10-14)12-6-4-3-5-7-12;1-10(2)13-8-7-11-5-3-4-6-12(11)9-13/h3-5,8-9,12,14H,6-7,10-11H2,1-2H3;3-5,7-8,11,13H,6,9-10H2,1-2H3;2*3-7,11,13H,8-10H2,1-2H3;3-6,10H,7-9H2,1-2H3/t14-;3*13-;/m1110./s1. The van der Waals surface area contributed by atoms with Crippen molar-refractivity contribution >= 4 is 0 Å². The SMILES string of the molecule is CC(C)N1CCCC[C@@H]1c1ccccc1.CC(C)N1CCC[C@@H]1c1ccccc1.CC(C)N1CC[C@@H](c2ccccc2)C1.CC(C)N1CC[C@H](c2ccccc2)C1.CC(C)N1CCc2ccccc2C1. The molecule has 5 aliphatic rings. The summed E-state index contributed by atoms with van der Waals surface area (Å²) in [5, 5.41) is 0. The summed E-state index contributed by atoms with van der Waals surface area (Å²) in [5.41, 5.74) is 9.05. The fraction of sp³-hybridized carbons (Fsp3) is 0.538. The van der Waals surface area contributed by atoms with Gasteiger partial charge in [-0.05, 0) is 186 Å². The first kappa shape index (κ1) is 55.2. The highest BCUT2D eigenvalue weighted by molar-refractivity contribution is 5.29. The largest absolute Gasteiger partial charge is 0.300 e. The van der Waals surface area contributed by atoms with E-state index < -0.39 is 0 Å². The lowest BCUT2D eigenvalue weighted by Gasteiger charge is -2.39. The molecule has 0 saturated carbocycles. The van der Waals surface area contributed by atoms with E-state index in [9.17, 15) is 0 Å². The van der Waals surface area contributed by atoms with Crippen molar-refractivity contribution in [2.24, 2.45) is 0 Å². The summed E-state index contributed by atoms with van der Waals surface area (Å²) in [6.45, 7) is 32.8. The van der Waals surface area contributed by atoms with E-state index >= 15 is 0 Å². The van der Waals surface area contributed by atoms with Crippen LogP contribution >= 0.6 is 0 Å². The summed E-state index contributed by atoms with van der Waals surface area (Å²) < 4.78 is 0. The second-order valence-corrected chi connectivity index (χ2v) is 22.2. The Balaban J connectivity index is 0.000000144. The van der Waals surface area contributed by atoms with Gasteiger partial charge in [0.15, 0.2) is 0 Å². The maximum Gasteiger partial charge on any atom is 0.0351 e. The van der Waals surface area contributed by atoms with Crippen molar-refractivity contribution in [3.05, 3.63) is 179 Å². The molecule has 10 rings (SSSR count). The fourth-order valence-electron chi connectivity index (χ4n) is 11.5. The molecule has 0 N–H and O–H groups in total. The summed E-state index contributed by atoms with van der Waals surface area (Å²) in [5.74, 6) is 1.53. The van der Waals surface area contributed by atoms with Crippen LogP contribution < -0.4 is 0 Å². The number of hydrogen-bond acceptors (Lipinski definition) is 5. The molecule has 5 heterocycles. The third-order valence-corrected chi connectivity index (χ3v) is 15.9. The van der Waals surface area contributed by atoms with Crippen LogP contribution in [0.2, 0.25) is 0 Å². The van der Waals surface area contributed by atoms with E-state index in [2.05, 4.69) is 239 Å². The van der Waals surface area contributed by atoms with E-state index in [0.717, 1.165) is 18.4 Å². The molecule has 5 aliphatic heterocycles. The van der Waals surface area contributed by atoms with Crippen LogP contribution in [0.3, 0.4) is 0 Å². The van der Waals surface area contributed by atoms with Gasteiger partial charge in [-0.2, -0.15) is 0 Å². The third kappa shape index (κ3) is 16.7. The molecule has 4 saturated heterocycles. The maximum atomic E-state index is 2.64. The Labute approximate surface area is 428 Å². The summed E-state index contributed by atoms with van der Waals surface area (Å²) >= 11 is 0. The Kier molecular flexibility index (Phi) is 22.7. The van der Waals surface area contributed by atoms with Crippen molar-refractivity contribution in [1.82, 2.24) is 24.5 Å². The fourth-order valence-corrected chi connectivity index (χ4v) is 11.5. The van der Waals surface area contributed by atoms with Crippen LogP contribution in [-0.2, 0) is 13.0 Å². The zero-order chi connectivity index (χ0) is 49.8. The normalized spacial score (nSPS) is 22.2. The molecular weight excluding hydrogens is 851 g/mol. The monoisotopic (exact) mass is 946 g/mol. The van der Waals surface area contributed by atoms with E-state index in [0.29, 0.717) is 42.3 Å². The van der Waals surface area contributed by atoms with E-state index in [4.69, 9.17) is 0 Å². The van der Waals surface area contributed by atoms with Gasteiger partial charge in [-0.15, -0.1) is 0 Å². The Morgan fingerprint density at radius 2 is 0.700 bits per heavy atom. The number of benzene rings is 5. The first-order valence-corrected chi connectivity index (χ1v) is 27.9. The minimum atomic E-state index is 0.653. The van der Waals surface area contributed by atoms with Gasteiger partial charge in [-0.25, -0.2) is 0 Å². The summed E-state index contributed by atoms with van der Waals surface area (Å²) in [6, 6.07) is 57.2. The molecule has 0 spiro atoms. The van der Waals surface area contributed by atoms with Crippen molar-refractivity contribution < 1.29 is 0 Å². The van der Waals surface area contributed by atoms with Crippen LogP contribution in [0.4, 0.5) is 0 Å². The quantitative estimate of drug-likeness (QED) is 0.146. The van der Waals surface area contributed by atoms with Crippen LogP contribution in [0.5, 0.6) is 0 Å². The number of nitrogens with zero attached hydrogens (tertiary/aromatic N) is 5. The van der Waals surface area contributed by atoms with Gasteiger partial charge in [0.2, 0.25) is 0 Å². The van der Waals surface area contributed by atoms with Crippen LogP contribution in [0.1, 0.15) is 171 Å². The number of rotatable bonds is 9. The zero-order valence-corrected chi connectivity index (χ0v) is 45.6.